The molecule has 0 saturated heterocycles. The number of benzene rings is 4. The second-order valence-electron chi connectivity index (χ2n) is 7.81. The van der Waals surface area contributed by atoms with Gasteiger partial charge < -0.3 is 4.74 Å². The van der Waals surface area contributed by atoms with Crippen molar-refractivity contribution in [3.05, 3.63) is 119 Å². The number of carbonyl (C=O) groups excluding carboxylic acids is 1. The minimum Gasteiger partial charge on any atom is -0.473 e. The molecule has 0 saturated carbocycles. The first-order valence-corrected chi connectivity index (χ1v) is 9.96. The van der Waals surface area contributed by atoms with E-state index >= 15 is 0 Å². The number of hydrogen-bond donors (Lipinski definition) is 0. The summed E-state index contributed by atoms with van der Waals surface area (Å²) in [6.07, 6.45) is 3.45. The van der Waals surface area contributed by atoms with E-state index in [1.165, 1.54) is 12.1 Å². The molecule has 2 atom stereocenters. The van der Waals surface area contributed by atoms with Gasteiger partial charge in [-0.1, -0.05) is 72.8 Å². The van der Waals surface area contributed by atoms with Crippen LogP contribution in [0.1, 0.15) is 28.2 Å². The standard InChI is InChI=1S/C27H17FO2/c28-20-13-9-19(10-14-20)26-25-21-7-3-1-5-17(21)11-15-23(25)30-27(26)22-8-4-2-6-18(22)12-16-24(27)29/h1-16,26H/t26-,27+/m0/s1. The third-order valence-electron chi connectivity index (χ3n) is 6.24. The molecule has 0 amide bonds. The fourth-order valence-electron chi connectivity index (χ4n) is 4.96. The molecule has 4 aromatic rings. The maximum atomic E-state index is 13.8. The minimum atomic E-state index is -1.21. The first-order valence-electron chi connectivity index (χ1n) is 9.96. The van der Waals surface area contributed by atoms with Crippen LogP contribution in [0.5, 0.6) is 5.75 Å². The van der Waals surface area contributed by atoms with E-state index in [4.69, 9.17) is 4.74 Å². The maximum Gasteiger partial charge on any atom is 0.207 e. The van der Waals surface area contributed by atoms with Gasteiger partial charge in [0.1, 0.15) is 11.6 Å². The highest BCUT2D eigenvalue weighted by Gasteiger charge is 2.57. The Morgan fingerprint density at radius 3 is 2.43 bits per heavy atom. The van der Waals surface area contributed by atoms with Gasteiger partial charge in [-0.25, -0.2) is 4.39 Å². The average molecular weight is 392 g/mol. The Morgan fingerprint density at radius 2 is 1.57 bits per heavy atom. The van der Waals surface area contributed by atoms with Crippen LogP contribution in [-0.2, 0) is 10.4 Å². The van der Waals surface area contributed by atoms with Gasteiger partial charge in [0.25, 0.3) is 0 Å². The van der Waals surface area contributed by atoms with Crippen molar-refractivity contribution in [2.75, 3.05) is 0 Å². The quantitative estimate of drug-likeness (QED) is 0.397. The molecular weight excluding hydrogens is 375 g/mol. The van der Waals surface area contributed by atoms with Crippen molar-refractivity contribution >= 4 is 22.6 Å². The zero-order valence-corrected chi connectivity index (χ0v) is 16.0. The summed E-state index contributed by atoms with van der Waals surface area (Å²) in [5.41, 5.74) is 2.41. The first kappa shape index (κ1) is 17.2. The Labute approximate surface area is 173 Å². The largest absolute Gasteiger partial charge is 0.473 e. The average Bonchev–Trinajstić information content (AvgIpc) is 3.14. The second kappa shape index (κ2) is 6.14. The van der Waals surface area contributed by atoms with Crippen LogP contribution < -0.4 is 4.74 Å². The van der Waals surface area contributed by atoms with Crippen molar-refractivity contribution < 1.29 is 13.9 Å². The molecule has 0 bridgehead atoms. The molecule has 144 valence electrons. The molecular formula is C27H17FO2. The number of carbonyl (C=O) groups is 1. The summed E-state index contributed by atoms with van der Waals surface area (Å²) in [6, 6.07) is 26.3. The lowest BCUT2D eigenvalue weighted by Crippen LogP contribution is -2.45. The summed E-state index contributed by atoms with van der Waals surface area (Å²) >= 11 is 0. The zero-order valence-electron chi connectivity index (χ0n) is 16.0. The molecule has 0 radical (unpaired) electrons. The van der Waals surface area contributed by atoms with E-state index in [1.54, 1.807) is 18.2 Å². The van der Waals surface area contributed by atoms with Gasteiger partial charge >= 0.3 is 0 Å². The molecule has 6 rings (SSSR count). The number of hydrogen-bond acceptors (Lipinski definition) is 2. The van der Waals surface area contributed by atoms with E-state index in [1.807, 2.05) is 54.6 Å². The summed E-state index contributed by atoms with van der Waals surface area (Å²) in [4.78, 5) is 13.6. The molecule has 1 heterocycles. The van der Waals surface area contributed by atoms with E-state index < -0.39 is 11.5 Å². The highest BCUT2D eigenvalue weighted by atomic mass is 19.1. The van der Waals surface area contributed by atoms with Crippen LogP contribution in [0, 0.1) is 5.82 Å². The molecule has 0 aromatic heterocycles. The van der Waals surface area contributed by atoms with Crippen LogP contribution in [0.15, 0.2) is 91.0 Å². The van der Waals surface area contributed by atoms with E-state index in [0.29, 0.717) is 5.75 Å². The predicted octanol–water partition coefficient (Wildman–Crippen LogP) is 5.99. The molecule has 1 spiro atoms. The summed E-state index contributed by atoms with van der Waals surface area (Å²) in [7, 11) is 0. The number of halogens is 1. The molecule has 2 nitrogen and oxygen atoms in total. The minimum absolute atomic E-state index is 0.101. The molecule has 1 aliphatic heterocycles. The molecule has 1 aliphatic carbocycles. The van der Waals surface area contributed by atoms with E-state index in [2.05, 4.69) is 12.1 Å². The van der Waals surface area contributed by atoms with Crippen LogP contribution in [-0.4, -0.2) is 5.78 Å². The van der Waals surface area contributed by atoms with Gasteiger partial charge in [0.05, 0.1) is 5.92 Å². The molecule has 30 heavy (non-hydrogen) atoms. The maximum absolute atomic E-state index is 13.8. The van der Waals surface area contributed by atoms with Crippen molar-refractivity contribution in [1.82, 2.24) is 0 Å². The Bertz CT molecular complexity index is 1350. The monoisotopic (exact) mass is 392 g/mol. The van der Waals surface area contributed by atoms with Gasteiger partial charge in [0.2, 0.25) is 11.4 Å². The van der Waals surface area contributed by atoms with Crippen LogP contribution in [0.2, 0.25) is 0 Å². The normalized spacial score (nSPS) is 21.5. The van der Waals surface area contributed by atoms with E-state index in [0.717, 1.165) is 33.0 Å². The van der Waals surface area contributed by atoms with E-state index in [9.17, 15) is 9.18 Å². The second-order valence-corrected chi connectivity index (χ2v) is 7.81. The fourth-order valence-corrected chi connectivity index (χ4v) is 4.96. The fraction of sp³-hybridized carbons (Fsp3) is 0.0741. The van der Waals surface area contributed by atoms with Crippen molar-refractivity contribution in [3.8, 4) is 5.75 Å². The van der Waals surface area contributed by atoms with Crippen LogP contribution in [0.4, 0.5) is 4.39 Å². The van der Waals surface area contributed by atoms with Crippen LogP contribution >= 0.6 is 0 Å². The topological polar surface area (TPSA) is 26.3 Å². The molecule has 2 aliphatic rings. The van der Waals surface area contributed by atoms with Crippen LogP contribution in [0.25, 0.3) is 16.8 Å². The third kappa shape index (κ3) is 2.20. The Kier molecular flexibility index (Phi) is 3.51. The van der Waals surface area contributed by atoms with Gasteiger partial charge in [0, 0.05) is 11.1 Å². The Morgan fingerprint density at radius 1 is 0.800 bits per heavy atom. The zero-order chi connectivity index (χ0) is 20.3. The van der Waals surface area contributed by atoms with E-state index in [-0.39, 0.29) is 11.6 Å². The number of ketones is 1. The number of rotatable bonds is 1. The van der Waals surface area contributed by atoms with Crippen molar-refractivity contribution in [3.63, 3.8) is 0 Å². The van der Waals surface area contributed by atoms with Crippen molar-refractivity contribution in [2.24, 2.45) is 0 Å². The summed E-state index contributed by atoms with van der Waals surface area (Å²) in [6.45, 7) is 0. The van der Waals surface area contributed by atoms with Gasteiger partial charge in [-0.15, -0.1) is 0 Å². The lowest BCUT2D eigenvalue weighted by molar-refractivity contribution is -0.130. The van der Waals surface area contributed by atoms with Gasteiger partial charge in [0.15, 0.2) is 0 Å². The number of fused-ring (bicyclic) bond motifs is 5. The van der Waals surface area contributed by atoms with Crippen LogP contribution in [0.3, 0.4) is 0 Å². The Hall–Kier alpha value is -3.72. The highest BCUT2D eigenvalue weighted by molar-refractivity contribution is 6.07. The summed E-state index contributed by atoms with van der Waals surface area (Å²) < 4.78 is 20.3. The van der Waals surface area contributed by atoms with Crippen molar-refractivity contribution in [2.45, 2.75) is 11.5 Å². The molecule has 0 fully saturated rings. The summed E-state index contributed by atoms with van der Waals surface area (Å²) in [5.74, 6) is -0.102. The lowest BCUT2D eigenvalue weighted by Gasteiger charge is -2.36. The molecule has 0 N–H and O–H groups in total. The Balaban J connectivity index is 1.72. The highest BCUT2D eigenvalue weighted by Crippen LogP contribution is 2.57. The van der Waals surface area contributed by atoms with Gasteiger partial charge in [-0.3, -0.25) is 4.79 Å². The lowest BCUT2D eigenvalue weighted by atomic mass is 9.69. The number of ether oxygens (including phenoxy) is 1. The first-order chi connectivity index (χ1) is 14.7. The van der Waals surface area contributed by atoms with Crippen molar-refractivity contribution in [1.29, 1.82) is 0 Å². The molecule has 4 aromatic carbocycles. The molecule has 3 heteroatoms. The predicted molar refractivity (Wildman–Crippen MR) is 115 cm³/mol. The third-order valence-corrected chi connectivity index (χ3v) is 6.24. The smallest absolute Gasteiger partial charge is 0.207 e. The molecule has 0 unspecified atom stereocenters. The summed E-state index contributed by atoms with van der Waals surface area (Å²) in [5, 5.41) is 2.12. The SMILES string of the molecule is O=C1C=Cc2ccccc2[C@@]12Oc1ccc3ccccc3c1[C@@H]2c1ccc(F)cc1. The van der Waals surface area contributed by atoms with Gasteiger partial charge in [-0.2, -0.15) is 0 Å². The van der Waals surface area contributed by atoms with Gasteiger partial charge in [-0.05, 0) is 46.2 Å².